The maximum absolute atomic E-state index is 11.9. The molecule has 0 amide bonds. The molecule has 1 N–H and O–H groups in total. The van der Waals surface area contributed by atoms with Gasteiger partial charge >= 0.3 is 6.18 Å². The first-order chi connectivity index (χ1) is 8.04. The molecule has 0 aromatic heterocycles. The fraction of sp³-hybridized carbons (Fsp3) is 1.00. The number of halogens is 4. The molecule has 1 atom stereocenters. The highest BCUT2D eigenvalue weighted by molar-refractivity contribution is 9.09. The average Bonchev–Trinajstić information content (AvgIpc) is 2.14. The predicted molar refractivity (Wildman–Crippen MR) is 69.3 cm³/mol. The normalized spacial score (nSPS) is 16.6. The molecule has 110 valence electrons. The van der Waals surface area contributed by atoms with Gasteiger partial charge in [-0.25, -0.2) is 13.1 Å². The van der Waals surface area contributed by atoms with Gasteiger partial charge in [-0.2, -0.15) is 13.2 Å². The Morgan fingerprint density at radius 2 is 1.78 bits per heavy atom. The molecule has 0 saturated heterocycles. The van der Waals surface area contributed by atoms with E-state index in [0.717, 1.165) is 0 Å². The van der Waals surface area contributed by atoms with Crippen molar-refractivity contribution < 1.29 is 21.6 Å². The maximum atomic E-state index is 11.9. The first kappa shape index (κ1) is 18.2. The molecule has 1 unspecified atom stereocenters. The standard InChI is InChI=1S/C10H19BrF3NO2S/c1-3-9(2,6-7-11)15-18(16,17)8-4-5-10(12,13)14/h15H,3-8H2,1-2H3. The third kappa shape index (κ3) is 8.31. The van der Waals surface area contributed by atoms with Crippen LogP contribution in [-0.2, 0) is 10.0 Å². The zero-order valence-corrected chi connectivity index (χ0v) is 12.9. The van der Waals surface area contributed by atoms with Gasteiger partial charge < -0.3 is 0 Å². The van der Waals surface area contributed by atoms with Gasteiger partial charge in [-0.15, -0.1) is 0 Å². The second kappa shape index (κ2) is 7.09. The summed E-state index contributed by atoms with van der Waals surface area (Å²) in [5, 5.41) is 0.627. The highest BCUT2D eigenvalue weighted by atomic mass is 79.9. The quantitative estimate of drug-likeness (QED) is 0.681. The Morgan fingerprint density at radius 1 is 1.22 bits per heavy atom. The van der Waals surface area contributed by atoms with Crippen LogP contribution in [0.1, 0.15) is 39.5 Å². The fourth-order valence-electron chi connectivity index (χ4n) is 1.40. The van der Waals surface area contributed by atoms with E-state index >= 15 is 0 Å². The molecular formula is C10H19BrF3NO2S. The number of sulfonamides is 1. The Hall–Kier alpha value is 0.180. The van der Waals surface area contributed by atoms with Gasteiger partial charge in [0.2, 0.25) is 10.0 Å². The number of rotatable bonds is 8. The van der Waals surface area contributed by atoms with Crippen LogP contribution in [0.4, 0.5) is 13.2 Å². The van der Waals surface area contributed by atoms with E-state index in [0.29, 0.717) is 18.2 Å². The van der Waals surface area contributed by atoms with E-state index in [4.69, 9.17) is 0 Å². The smallest absolute Gasteiger partial charge is 0.212 e. The van der Waals surface area contributed by atoms with Gasteiger partial charge in [-0.1, -0.05) is 22.9 Å². The summed E-state index contributed by atoms with van der Waals surface area (Å²) in [4.78, 5) is 0. The van der Waals surface area contributed by atoms with Gasteiger partial charge in [0.05, 0.1) is 5.75 Å². The molecular weight excluding hydrogens is 335 g/mol. The third-order valence-electron chi connectivity index (χ3n) is 2.70. The van der Waals surface area contributed by atoms with Crippen molar-refractivity contribution >= 4 is 26.0 Å². The van der Waals surface area contributed by atoms with E-state index in [9.17, 15) is 21.6 Å². The Balaban J connectivity index is 4.38. The molecule has 0 aromatic rings. The van der Waals surface area contributed by atoms with Gasteiger partial charge in [0.25, 0.3) is 0 Å². The monoisotopic (exact) mass is 353 g/mol. The van der Waals surface area contributed by atoms with E-state index in [1.165, 1.54) is 0 Å². The molecule has 0 aliphatic rings. The van der Waals surface area contributed by atoms with E-state index < -0.39 is 40.3 Å². The number of hydrogen-bond donors (Lipinski definition) is 1. The highest BCUT2D eigenvalue weighted by Gasteiger charge is 2.30. The lowest BCUT2D eigenvalue weighted by atomic mass is 9.98. The Labute approximate surface area is 115 Å². The second-order valence-electron chi connectivity index (χ2n) is 4.49. The number of alkyl halides is 4. The van der Waals surface area contributed by atoms with Crippen LogP contribution in [0, 0.1) is 0 Å². The molecule has 0 saturated carbocycles. The van der Waals surface area contributed by atoms with Crippen LogP contribution in [0.5, 0.6) is 0 Å². The first-order valence-electron chi connectivity index (χ1n) is 5.68. The SMILES string of the molecule is CCC(C)(CCBr)NS(=O)(=O)CCCC(F)(F)F. The Kier molecular flexibility index (Phi) is 7.16. The first-order valence-corrected chi connectivity index (χ1v) is 8.45. The van der Waals surface area contributed by atoms with Crippen molar-refractivity contribution in [2.24, 2.45) is 0 Å². The summed E-state index contributed by atoms with van der Waals surface area (Å²) in [6.45, 7) is 3.58. The van der Waals surface area contributed by atoms with Crippen molar-refractivity contribution in [2.45, 2.75) is 51.2 Å². The van der Waals surface area contributed by atoms with E-state index in [1.54, 1.807) is 6.92 Å². The molecule has 0 aromatic carbocycles. The summed E-state index contributed by atoms with van der Waals surface area (Å²) >= 11 is 3.23. The number of nitrogens with one attached hydrogen (secondary N) is 1. The second-order valence-corrected chi connectivity index (χ2v) is 7.13. The summed E-state index contributed by atoms with van der Waals surface area (Å²) < 4.78 is 61.6. The topological polar surface area (TPSA) is 46.2 Å². The van der Waals surface area contributed by atoms with Crippen LogP contribution >= 0.6 is 15.9 Å². The van der Waals surface area contributed by atoms with Crippen LogP contribution in [0.25, 0.3) is 0 Å². The Bertz CT molecular complexity index is 346. The van der Waals surface area contributed by atoms with Gasteiger partial charge in [0.15, 0.2) is 0 Å². The molecule has 0 aliphatic heterocycles. The van der Waals surface area contributed by atoms with Crippen LogP contribution in [0.2, 0.25) is 0 Å². The van der Waals surface area contributed by atoms with Crippen molar-refractivity contribution in [1.29, 1.82) is 0 Å². The zero-order valence-electron chi connectivity index (χ0n) is 10.5. The van der Waals surface area contributed by atoms with Gasteiger partial charge in [-0.3, -0.25) is 0 Å². The van der Waals surface area contributed by atoms with Crippen molar-refractivity contribution in [3.63, 3.8) is 0 Å². The lowest BCUT2D eigenvalue weighted by Gasteiger charge is -2.28. The van der Waals surface area contributed by atoms with Crippen molar-refractivity contribution in [3.8, 4) is 0 Å². The summed E-state index contributed by atoms with van der Waals surface area (Å²) in [6.07, 6.45) is -4.62. The molecule has 0 fully saturated rings. The van der Waals surface area contributed by atoms with Crippen molar-refractivity contribution in [2.75, 3.05) is 11.1 Å². The molecule has 18 heavy (non-hydrogen) atoms. The van der Waals surface area contributed by atoms with Crippen LogP contribution in [0.15, 0.2) is 0 Å². The minimum atomic E-state index is -4.31. The molecule has 0 bridgehead atoms. The average molecular weight is 354 g/mol. The van der Waals surface area contributed by atoms with E-state index in [-0.39, 0.29) is 0 Å². The lowest BCUT2D eigenvalue weighted by Crippen LogP contribution is -2.46. The van der Waals surface area contributed by atoms with Crippen molar-refractivity contribution in [1.82, 2.24) is 4.72 Å². The van der Waals surface area contributed by atoms with Crippen molar-refractivity contribution in [3.05, 3.63) is 0 Å². The van der Waals surface area contributed by atoms with Gasteiger partial charge in [0.1, 0.15) is 0 Å². The van der Waals surface area contributed by atoms with Gasteiger partial charge in [0, 0.05) is 17.3 Å². The van der Waals surface area contributed by atoms with Crippen LogP contribution in [0.3, 0.4) is 0 Å². The molecule has 0 radical (unpaired) electrons. The Morgan fingerprint density at radius 3 is 2.17 bits per heavy atom. The molecule has 0 spiro atoms. The zero-order chi connectivity index (χ0) is 14.4. The maximum Gasteiger partial charge on any atom is 0.389 e. The molecule has 0 rings (SSSR count). The summed E-state index contributed by atoms with van der Waals surface area (Å²) in [6, 6.07) is 0. The summed E-state index contributed by atoms with van der Waals surface area (Å²) in [7, 11) is -3.67. The predicted octanol–water partition coefficient (Wildman–Crippen LogP) is 3.20. The minimum absolute atomic E-state index is 0.410. The fourth-order valence-corrected chi connectivity index (χ4v) is 3.90. The van der Waals surface area contributed by atoms with Crippen LogP contribution < -0.4 is 4.72 Å². The summed E-state index contributed by atoms with van der Waals surface area (Å²) in [5.74, 6) is -0.496. The number of hydrogen-bond acceptors (Lipinski definition) is 2. The molecule has 0 heterocycles. The van der Waals surface area contributed by atoms with Gasteiger partial charge in [-0.05, 0) is 26.2 Å². The lowest BCUT2D eigenvalue weighted by molar-refractivity contribution is -0.134. The molecule has 8 heteroatoms. The highest BCUT2D eigenvalue weighted by Crippen LogP contribution is 2.22. The third-order valence-corrected chi connectivity index (χ3v) is 4.73. The molecule has 3 nitrogen and oxygen atoms in total. The van der Waals surface area contributed by atoms with E-state index in [1.807, 2.05) is 6.92 Å². The molecule has 0 aliphatic carbocycles. The van der Waals surface area contributed by atoms with E-state index in [2.05, 4.69) is 20.7 Å². The summed E-state index contributed by atoms with van der Waals surface area (Å²) in [5.41, 5.74) is -0.611. The van der Waals surface area contributed by atoms with Crippen LogP contribution in [-0.4, -0.2) is 31.2 Å². The largest absolute Gasteiger partial charge is 0.389 e. The minimum Gasteiger partial charge on any atom is -0.212 e.